The second kappa shape index (κ2) is 5.28. The molecule has 4 atom stereocenters. The number of anilines is 2. The summed E-state index contributed by atoms with van der Waals surface area (Å²) in [5.41, 5.74) is -0.121. The molecule has 2 aliphatic heterocycles. The predicted molar refractivity (Wildman–Crippen MR) is 86.9 cm³/mol. The fourth-order valence-electron chi connectivity index (χ4n) is 3.47. The Morgan fingerprint density at radius 1 is 1.38 bits per heavy atom. The van der Waals surface area contributed by atoms with E-state index < -0.39 is 24.0 Å². The smallest absolute Gasteiger partial charge is 0.167 e. The summed E-state index contributed by atoms with van der Waals surface area (Å²) in [4.78, 5) is 8.95. The van der Waals surface area contributed by atoms with Crippen LogP contribution in [0.15, 0.2) is 6.20 Å². The molecule has 0 aliphatic carbocycles. The number of nitrogens with zero attached hydrogens (tertiary/aromatic N) is 3. The first-order valence-electron chi connectivity index (χ1n) is 7.97. The molecule has 1 fully saturated rings. The van der Waals surface area contributed by atoms with Gasteiger partial charge >= 0.3 is 0 Å². The maximum Gasteiger partial charge on any atom is 0.167 e. The highest BCUT2D eigenvalue weighted by Crippen LogP contribution is 2.42. The summed E-state index contributed by atoms with van der Waals surface area (Å²) in [5.74, 6) is 1.32. The fraction of sp³-hybridized carbons (Fsp3) is 0.600. The average molecular weight is 335 g/mol. The van der Waals surface area contributed by atoms with Gasteiger partial charge in [-0.25, -0.2) is 9.97 Å². The van der Waals surface area contributed by atoms with E-state index in [1.54, 1.807) is 17.7 Å². The summed E-state index contributed by atoms with van der Waals surface area (Å²) in [7, 11) is 0. The van der Waals surface area contributed by atoms with Crippen molar-refractivity contribution in [3.63, 3.8) is 0 Å². The van der Waals surface area contributed by atoms with Crippen LogP contribution in [-0.2, 0) is 4.74 Å². The second-order valence-electron chi connectivity index (χ2n) is 6.50. The topological polar surface area (TPSA) is 125 Å². The molecule has 9 nitrogen and oxygen atoms in total. The number of nitrogens with one attached hydrogen (secondary N) is 2. The highest BCUT2D eigenvalue weighted by atomic mass is 16.6. The van der Waals surface area contributed by atoms with Crippen LogP contribution in [0.1, 0.15) is 19.0 Å². The molecule has 0 amide bonds. The molecule has 4 heterocycles. The summed E-state index contributed by atoms with van der Waals surface area (Å²) in [6, 6.07) is 0. The Balaban J connectivity index is 1.91. The van der Waals surface area contributed by atoms with Crippen LogP contribution in [-0.4, -0.2) is 67.4 Å². The molecule has 0 bridgehead atoms. The van der Waals surface area contributed by atoms with Gasteiger partial charge in [0.25, 0.3) is 0 Å². The molecule has 0 radical (unpaired) electrons. The molecule has 0 saturated carbocycles. The van der Waals surface area contributed by atoms with Crippen LogP contribution in [0, 0.1) is 6.92 Å². The van der Waals surface area contributed by atoms with E-state index in [0.29, 0.717) is 11.5 Å². The van der Waals surface area contributed by atoms with E-state index in [9.17, 15) is 15.3 Å². The SMILES string of the molecule is Cc1nc2c3c(cn(C4O[C@H](CO)[C@@H](O)C4(C)O)c3n1)NCCN2. The van der Waals surface area contributed by atoms with Crippen LogP contribution < -0.4 is 10.6 Å². The quantitative estimate of drug-likeness (QED) is 0.501. The van der Waals surface area contributed by atoms with Gasteiger partial charge in [-0.15, -0.1) is 0 Å². The summed E-state index contributed by atoms with van der Waals surface area (Å²) in [6.07, 6.45) is -1.12. The minimum absolute atomic E-state index is 0.376. The number of aryl methyl sites for hydroxylation is 1. The van der Waals surface area contributed by atoms with Crippen LogP contribution in [0.2, 0.25) is 0 Å². The normalized spacial score (nSPS) is 32.5. The third-order valence-corrected chi connectivity index (χ3v) is 4.70. The third kappa shape index (κ3) is 2.09. The van der Waals surface area contributed by atoms with E-state index in [0.717, 1.165) is 30.0 Å². The number of aliphatic hydroxyl groups is 3. The Labute approximate surface area is 138 Å². The van der Waals surface area contributed by atoms with Gasteiger partial charge in [0, 0.05) is 19.3 Å². The first-order valence-corrected chi connectivity index (χ1v) is 7.97. The zero-order valence-electron chi connectivity index (χ0n) is 13.5. The highest BCUT2D eigenvalue weighted by Gasteiger charge is 2.53. The predicted octanol–water partition coefficient (Wildman–Crippen LogP) is -0.421. The van der Waals surface area contributed by atoms with E-state index in [4.69, 9.17) is 4.74 Å². The van der Waals surface area contributed by atoms with Crippen molar-refractivity contribution in [2.45, 2.75) is 37.9 Å². The maximum atomic E-state index is 10.7. The standard InChI is InChI=1S/C15H21N5O4/c1-7-18-12-10-8(16-3-4-17-12)5-20(13(10)19-7)14-15(2,23)11(22)9(6-21)24-14/h5,9,11,14,16,21-23H,3-4,6H2,1-2H3,(H,17,18,19)/t9-,11-,14?,15?/m1/s1. The van der Waals surface area contributed by atoms with Crippen LogP contribution in [0.3, 0.4) is 0 Å². The number of aromatic nitrogens is 3. The number of hydrogen-bond acceptors (Lipinski definition) is 8. The lowest BCUT2D eigenvalue weighted by Gasteiger charge is -2.27. The van der Waals surface area contributed by atoms with Crippen molar-refractivity contribution >= 4 is 22.5 Å². The minimum Gasteiger partial charge on any atom is -0.394 e. The van der Waals surface area contributed by atoms with Gasteiger partial charge in [-0.2, -0.15) is 0 Å². The van der Waals surface area contributed by atoms with Crippen molar-refractivity contribution in [1.29, 1.82) is 0 Å². The summed E-state index contributed by atoms with van der Waals surface area (Å²) in [6.45, 7) is 4.38. The molecule has 4 rings (SSSR count). The zero-order chi connectivity index (χ0) is 17.1. The average Bonchev–Trinajstić information content (AvgIpc) is 2.89. The van der Waals surface area contributed by atoms with Crippen molar-refractivity contribution < 1.29 is 20.1 Å². The molecule has 2 unspecified atom stereocenters. The van der Waals surface area contributed by atoms with Gasteiger partial charge in [0.1, 0.15) is 35.1 Å². The molecule has 2 aliphatic rings. The van der Waals surface area contributed by atoms with Gasteiger partial charge in [0.2, 0.25) is 0 Å². The van der Waals surface area contributed by atoms with Gasteiger partial charge in [-0.3, -0.25) is 0 Å². The van der Waals surface area contributed by atoms with E-state index in [-0.39, 0.29) is 6.61 Å². The maximum absolute atomic E-state index is 10.7. The molecule has 1 saturated heterocycles. The summed E-state index contributed by atoms with van der Waals surface area (Å²) >= 11 is 0. The Morgan fingerprint density at radius 3 is 2.83 bits per heavy atom. The Kier molecular flexibility index (Phi) is 3.43. The van der Waals surface area contributed by atoms with Crippen molar-refractivity contribution in [2.75, 3.05) is 30.3 Å². The highest BCUT2D eigenvalue weighted by molar-refractivity contribution is 5.99. The van der Waals surface area contributed by atoms with E-state index >= 15 is 0 Å². The number of hydrogen-bond donors (Lipinski definition) is 5. The second-order valence-corrected chi connectivity index (χ2v) is 6.50. The van der Waals surface area contributed by atoms with Gasteiger partial charge in [-0.05, 0) is 13.8 Å². The molecular weight excluding hydrogens is 314 g/mol. The van der Waals surface area contributed by atoms with Crippen molar-refractivity contribution in [3.8, 4) is 0 Å². The minimum atomic E-state index is -1.56. The Bertz CT molecular complexity index is 790. The van der Waals surface area contributed by atoms with Crippen molar-refractivity contribution in [1.82, 2.24) is 14.5 Å². The van der Waals surface area contributed by atoms with Crippen LogP contribution in [0.4, 0.5) is 11.5 Å². The summed E-state index contributed by atoms with van der Waals surface area (Å²) < 4.78 is 7.42. The first-order chi connectivity index (χ1) is 11.4. The molecule has 2 aromatic rings. The van der Waals surface area contributed by atoms with E-state index in [1.165, 1.54) is 6.92 Å². The molecular formula is C15H21N5O4. The van der Waals surface area contributed by atoms with Crippen LogP contribution >= 0.6 is 0 Å². The molecule has 0 spiro atoms. The molecule has 5 N–H and O–H groups in total. The van der Waals surface area contributed by atoms with Gasteiger partial charge < -0.3 is 35.3 Å². The lowest BCUT2D eigenvalue weighted by molar-refractivity contribution is -0.0948. The third-order valence-electron chi connectivity index (χ3n) is 4.70. The summed E-state index contributed by atoms with van der Waals surface area (Å²) in [5, 5.41) is 37.8. The van der Waals surface area contributed by atoms with Gasteiger partial charge in [0.05, 0.1) is 17.7 Å². The number of aliphatic hydroxyl groups excluding tert-OH is 2. The van der Waals surface area contributed by atoms with Gasteiger partial charge in [0.15, 0.2) is 6.23 Å². The lowest BCUT2D eigenvalue weighted by atomic mass is 9.96. The Hall–Kier alpha value is -1.94. The fourth-order valence-corrected chi connectivity index (χ4v) is 3.47. The van der Waals surface area contributed by atoms with E-state index in [2.05, 4.69) is 20.6 Å². The largest absolute Gasteiger partial charge is 0.394 e. The van der Waals surface area contributed by atoms with Crippen molar-refractivity contribution in [2.24, 2.45) is 0 Å². The molecule has 130 valence electrons. The van der Waals surface area contributed by atoms with Crippen molar-refractivity contribution in [3.05, 3.63) is 12.0 Å². The van der Waals surface area contributed by atoms with Crippen LogP contribution in [0.5, 0.6) is 0 Å². The zero-order valence-corrected chi connectivity index (χ0v) is 13.5. The molecule has 24 heavy (non-hydrogen) atoms. The molecule has 9 heteroatoms. The number of rotatable bonds is 2. The number of ether oxygens (including phenoxy) is 1. The first kappa shape index (κ1) is 15.6. The molecule has 2 aromatic heterocycles. The Morgan fingerprint density at radius 2 is 2.12 bits per heavy atom. The lowest BCUT2D eigenvalue weighted by Crippen LogP contribution is -2.44. The van der Waals surface area contributed by atoms with Crippen LogP contribution in [0.25, 0.3) is 11.0 Å². The van der Waals surface area contributed by atoms with Gasteiger partial charge in [-0.1, -0.05) is 0 Å². The monoisotopic (exact) mass is 335 g/mol. The van der Waals surface area contributed by atoms with E-state index in [1.807, 2.05) is 0 Å². The molecule has 0 aromatic carbocycles.